The SMILES string of the molecule is Cc1ccc(NC(=O)[C@H](C)OC(=O)CCCN=C2NS(=O)(=O)c3ccccc32)cc1. The number of ether oxygens (including phenoxy) is 1. The van der Waals surface area contributed by atoms with Gasteiger partial charge in [-0.3, -0.25) is 19.3 Å². The average molecular weight is 429 g/mol. The zero-order chi connectivity index (χ0) is 21.7. The summed E-state index contributed by atoms with van der Waals surface area (Å²) < 4.78 is 31.6. The summed E-state index contributed by atoms with van der Waals surface area (Å²) in [5.41, 5.74) is 2.22. The van der Waals surface area contributed by atoms with E-state index < -0.39 is 28.0 Å². The summed E-state index contributed by atoms with van der Waals surface area (Å²) in [7, 11) is -3.58. The van der Waals surface area contributed by atoms with E-state index in [1.165, 1.54) is 13.0 Å². The molecule has 0 fully saturated rings. The predicted octanol–water partition coefficient (Wildman–Crippen LogP) is 2.38. The highest BCUT2D eigenvalue weighted by atomic mass is 32.2. The summed E-state index contributed by atoms with van der Waals surface area (Å²) in [5.74, 6) is -0.664. The van der Waals surface area contributed by atoms with Gasteiger partial charge in [-0.1, -0.05) is 29.8 Å². The Bertz CT molecular complexity index is 1080. The van der Waals surface area contributed by atoms with Crippen LogP contribution < -0.4 is 10.0 Å². The van der Waals surface area contributed by atoms with Crippen LogP contribution >= 0.6 is 0 Å². The number of rotatable bonds is 7. The smallest absolute Gasteiger partial charge is 0.306 e. The van der Waals surface area contributed by atoms with Gasteiger partial charge in [0.2, 0.25) is 0 Å². The Labute approximate surface area is 175 Å². The minimum absolute atomic E-state index is 0.0628. The number of aliphatic imine (C=N–C) groups is 1. The van der Waals surface area contributed by atoms with E-state index in [1.807, 2.05) is 19.1 Å². The van der Waals surface area contributed by atoms with Gasteiger partial charge < -0.3 is 10.1 Å². The second-order valence-corrected chi connectivity index (χ2v) is 8.57. The van der Waals surface area contributed by atoms with Crippen LogP contribution in [0, 0.1) is 6.92 Å². The van der Waals surface area contributed by atoms with E-state index in [0.29, 0.717) is 17.7 Å². The second kappa shape index (κ2) is 9.08. The van der Waals surface area contributed by atoms with Crippen molar-refractivity contribution in [1.82, 2.24) is 4.72 Å². The topological polar surface area (TPSA) is 114 Å². The molecule has 8 nitrogen and oxygen atoms in total. The summed E-state index contributed by atoms with van der Waals surface area (Å²) in [4.78, 5) is 28.6. The number of sulfonamides is 1. The van der Waals surface area contributed by atoms with Crippen molar-refractivity contribution >= 4 is 33.4 Å². The van der Waals surface area contributed by atoms with Crippen molar-refractivity contribution in [2.24, 2.45) is 4.99 Å². The van der Waals surface area contributed by atoms with Gasteiger partial charge in [0.25, 0.3) is 15.9 Å². The molecule has 0 saturated carbocycles. The minimum atomic E-state index is -3.58. The van der Waals surface area contributed by atoms with Crippen LogP contribution in [0.4, 0.5) is 5.69 Å². The molecule has 2 aromatic rings. The van der Waals surface area contributed by atoms with E-state index in [9.17, 15) is 18.0 Å². The molecule has 158 valence electrons. The van der Waals surface area contributed by atoms with Crippen molar-refractivity contribution < 1.29 is 22.7 Å². The number of nitrogens with one attached hydrogen (secondary N) is 2. The lowest BCUT2D eigenvalue weighted by molar-refractivity contribution is -0.153. The first-order chi connectivity index (χ1) is 14.3. The van der Waals surface area contributed by atoms with Gasteiger partial charge in [0.1, 0.15) is 5.84 Å². The Morgan fingerprint density at radius 2 is 1.83 bits per heavy atom. The number of benzene rings is 2. The molecular weight excluding hydrogens is 406 g/mol. The fourth-order valence-electron chi connectivity index (χ4n) is 2.86. The molecule has 1 aliphatic rings. The van der Waals surface area contributed by atoms with Gasteiger partial charge in [-0.25, -0.2) is 8.42 Å². The van der Waals surface area contributed by atoms with Gasteiger partial charge >= 0.3 is 5.97 Å². The van der Waals surface area contributed by atoms with Crippen molar-refractivity contribution in [3.63, 3.8) is 0 Å². The van der Waals surface area contributed by atoms with Crippen molar-refractivity contribution in [2.75, 3.05) is 11.9 Å². The number of carbonyl (C=O) groups excluding carboxylic acids is 2. The first-order valence-electron chi connectivity index (χ1n) is 9.50. The van der Waals surface area contributed by atoms with Gasteiger partial charge in [-0.15, -0.1) is 0 Å². The van der Waals surface area contributed by atoms with Crippen molar-refractivity contribution in [1.29, 1.82) is 0 Å². The highest BCUT2D eigenvalue weighted by Crippen LogP contribution is 2.22. The number of amidine groups is 1. The van der Waals surface area contributed by atoms with Crippen LogP contribution in [0.5, 0.6) is 0 Å². The molecule has 0 spiro atoms. The molecule has 2 N–H and O–H groups in total. The molecule has 0 saturated heterocycles. The lowest BCUT2D eigenvalue weighted by Crippen LogP contribution is -2.30. The standard InChI is InChI=1S/C21H23N3O5S/c1-14-9-11-16(12-10-14)23-21(26)15(2)29-19(25)8-5-13-22-20-17-6-3-4-7-18(17)30(27,28)24-20/h3-4,6-7,9-12,15H,5,8,13H2,1-2H3,(H,22,24)(H,23,26)/t15-/m0/s1. The maximum Gasteiger partial charge on any atom is 0.306 e. The summed E-state index contributed by atoms with van der Waals surface area (Å²) in [6.07, 6.45) is -0.509. The fraction of sp³-hybridized carbons (Fsp3) is 0.286. The molecule has 30 heavy (non-hydrogen) atoms. The summed E-state index contributed by atoms with van der Waals surface area (Å²) >= 11 is 0. The molecule has 1 amide bonds. The first kappa shape index (κ1) is 21.5. The number of carbonyl (C=O) groups is 2. The van der Waals surface area contributed by atoms with Crippen LogP contribution in [0.3, 0.4) is 0 Å². The third kappa shape index (κ3) is 5.24. The van der Waals surface area contributed by atoms with Gasteiger partial charge in [-0.05, 0) is 44.5 Å². The summed E-state index contributed by atoms with van der Waals surface area (Å²) in [6.45, 7) is 3.69. The summed E-state index contributed by atoms with van der Waals surface area (Å²) in [5, 5.41) is 2.69. The van der Waals surface area contributed by atoms with Crippen LogP contribution in [-0.2, 0) is 24.3 Å². The van der Waals surface area contributed by atoms with Crippen LogP contribution in [0.1, 0.15) is 30.9 Å². The Morgan fingerprint density at radius 1 is 1.13 bits per heavy atom. The molecule has 0 unspecified atom stereocenters. The van der Waals surface area contributed by atoms with Gasteiger partial charge in [-0.2, -0.15) is 0 Å². The van der Waals surface area contributed by atoms with Crippen LogP contribution in [0.2, 0.25) is 0 Å². The number of aryl methyl sites for hydroxylation is 1. The molecule has 0 aliphatic carbocycles. The van der Waals surface area contributed by atoms with Gasteiger partial charge in [0.15, 0.2) is 6.10 Å². The molecular formula is C21H23N3O5S. The third-order valence-corrected chi connectivity index (χ3v) is 5.87. The van der Waals surface area contributed by atoms with Gasteiger partial charge in [0, 0.05) is 24.2 Å². The quantitative estimate of drug-likeness (QED) is 0.518. The van der Waals surface area contributed by atoms with E-state index in [2.05, 4.69) is 15.0 Å². The highest BCUT2D eigenvalue weighted by molar-refractivity contribution is 7.90. The molecule has 1 heterocycles. The van der Waals surface area contributed by atoms with E-state index in [4.69, 9.17) is 4.74 Å². The Hall–Kier alpha value is -3.20. The third-order valence-electron chi connectivity index (χ3n) is 4.47. The molecule has 1 aliphatic heterocycles. The van der Waals surface area contributed by atoms with E-state index in [-0.39, 0.29) is 23.7 Å². The second-order valence-electron chi connectivity index (χ2n) is 6.92. The number of hydrogen-bond acceptors (Lipinski definition) is 6. The number of anilines is 1. The van der Waals surface area contributed by atoms with Crippen LogP contribution in [0.15, 0.2) is 58.4 Å². The zero-order valence-electron chi connectivity index (χ0n) is 16.7. The number of esters is 1. The first-order valence-corrected chi connectivity index (χ1v) is 11.0. The van der Waals surface area contributed by atoms with E-state index in [0.717, 1.165) is 5.56 Å². The Kier molecular flexibility index (Phi) is 6.51. The fourth-order valence-corrected chi connectivity index (χ4v) is 4.11. The summed E-state index contributed by atoms with van der Waals surface area (Å²) in [6, 6.07) is 13.9. The highest BCUT2D eigenvalue weighted by Gasteiger charge is 2.29. The van der Waals surface area contributed by atoms with Crippen molar-refractivity contribution in [3.8, 4) is 0 Å². The molecule has 0 aromatic heterocycles. The predicted molar refractivity (Wildman–Crippen MR) is 113 cm³/mol. The normalized spacial score (nSPS) is 16.4. The molecule has 1 atom stereocenters. The number of nitrogens with zero attached hydrogens (tertiary/aromatic N) is 1. The number of fused-ring (bicyclic) bond motifs is 1. The largest absolute Gasteiger partial charge is 0.453 e. The molecule has 3 rings (SSSR count). The Balaban J connectivity index is 1.45. The lowest BCUT2D eigenvalue weighted by atomic mass is 10.2. The molecule has 0 bridgehead atoms. The average Bonchev–Trinajstić information content (AvgIpc) is 2.97. The Morgan fingerprint density at radius 3 is 2.57 bits per heavy atom. The van der Waals surface area contributed by atoms with Crippen LogP contribution in [0.25, 0.3) is 0 Å². The molecule has 9 heteroatoms. The van der Waals surface area contributed by atoms with E-state index >= 15 is 0 Å². The monoisotopic (exact) mass is 429 g/mol. The van der Waals surface area contributed by atoms with E-state index in [1.54, 1.807) is 30.3 Å². The maximum absolute atomic E-state index is 12.1. The number of hydrogen-bond donors (Lipinski definition) is 2. The minimum Gasteiger partial charge on any atom is -0.453 e. The molecule has 2 aromatic carbocycles. The molecule has 0 radical (unpaired) electrons. The number of amides is 1. The zero-order valence-corrected chi connectivity index (χ0v) is 17.5. The van der Waals surface area contributed by atoms with Crippen molar-refractivity contribution in [3.05, 3.63) is 59.7 Å². The maximum atomic E-state index is 12.1. The van der Waals surface area contributed by atoms with Crippen molar-refractivity contribution in [2.45, 2.75) is 37.7 Å². The lowest BCUT2D eigenvalue weighted by Gasteiger charge is -2.13. The van der Waals surface area contributed by atoms with Gasteiger partial charge in [0.05, 0.1) is 4.90 Å². The van der Waals surface area contributed by atoms with Crippen LogP contribution in [-0.4, -0.2) is 38.8 Å².